The second kappa shape index (κ2) is 12.4. The first-order valence-electron chi connectivity index (χ1n) is 10.8. The quantitative estimate of drug-likeness (QED) is 0.198. The van der Waals surface area contributed by atoms with E-state index in [0.717, 1.165) is 6.07 Å². The van der Waals surface area contributed by atoms with E-state index in [4.69, 9.17) is 4.74 Å². The molecule has 0 amide bonds. The Kier molecular flexibility index (Phi) is 10.2. The largest absolute Gasteiger partial charge is 1.00 e. The smallest absolute Gasteiger partial charge is 0.487 e. The molecule has 0 aliphatic carbocycles. The molecule has 0 radical (unpaired) electrons. The summed E-state index contributed by atoms with van der Waals surface area (Å²) < 4.78 is 22.0. The predicted octanol–water partition coefficient (Wildman–Crippen LogP) is 3.85. The van der Waals surface area contributed by atoms with E-state index in [9.17, 15) is 19.1 Å². The Bertz CT molecular complexity index is 1180. The summed E-state index contributed by atoms with van der Waals surface area (Å²) >= 11 is 0. The van der Waals surface area contributed by atoms with Crippen LogP contribution in [0.2, 0.25) is 0 Å². The number of nitrogens with one attached hydrogen (secondary N) is 2. The first-order valence-corrected chi connectivity index (χ1v) is 12.7. The maximum atomic E-state index is 14.7. The Labute approximate surface area is 213 Å². The standard InChI is InChI=1S/C16H13FN5O4.C6H15P.Au/c1-7-6-26-15-12(18-3-8-4-19-21-20-8)11(17)2-9-13(15)22(7)5-10(14(9)23)16(24)25;1-4-7(5-2)6-3;/h2,5,7,18H,3,6H2,1H3,(H,24,25)(H,19,20,21);4-6H2,1-3H3;/q-1;;+1. The molecule has 1 aromatic carbocycles. The van der Waals surface area contributed by atoms with Crippen molar-refractivity contribution in [1.29, 1.82) is 0 Å². The maximum Gasteiger partial charge on any atom is 1.00 e. The van der Waals surface area contributed by atoms with Gasteiger partial charge in [0.2, 0.25) is 5.43 Å². The average Bonchev–Trinajstić information content (AvgIpc) is 3.32. The molecule has 0 saturated heterocycles. The normalized spacial score (nSPS) is 14.1. The van der Waals surface area contributed by atoms with Crippen molar-refractivity contribution >= 4 is 30.5 Å². The van der Waals surface area contributed by atoms with E-state index in [1.807, 2.05) is 6.92 Å². The Hall–Kier alpha value is -2.26. The van der Waals surface area contributed by atoms with Gasteiger partial charge in [-0.2, -0.15) is 0 Å². The summed E-state index contributed by atoms with van der Waals surface area (Å²) in [6.07, 6.45) is 8.13. The summed E-state index contributed by atoms with van der Waals surface area (Å²) in [5.41, 5.74) is -0.216. The van der Waals surface area contributed by atoms with E-state index in [1.165, 1.54) is 24.7 Å². The number of halogens is 1. The minimum atomic E-state index is -1.36. The van der Waals surface area contributed by atoms with Gasteiger partial charge in [0.1, 0.15) is 17.9 Å². The van der Waals surface area contributed by atoms with Crippen molar-refractivity contribution in [2.45, 2.75) is 40.3 Å². The van der Waals surface area contributed by atoms with Crippen LogP contribution >= 0.6 is 7.92 Å². The number of carbonyl (C=O) groups is 1. The zero-order valence-corrected chi connectivity index (χ0v) is 22.5. The average molecular weight is 673 g/mol. The minimum absolute atomic E-state index is 0. The molecule has 9 nitrogen and oxygen atoms in total. The van der Waals surface area contributed by atoms with Crippen LogP contribution in [0.25, 0.3) is 10.9 Å². The van der Waals surface area contributed by atoms with Crippen molar-refractivity contribution in [3.8, 4) is 5.75 Å². The van der Waals surface area contributed by atoms with Gasteiger partial charge in [-0.25, -0.2) is 9.18 Å². The summed E-state index contributed by atoms with van der Waals surface area (Å²) in [6, 6.07) is 0.815. The van der Waals surface area contributed by atoms with E-state index in [0.29, 0.717) is 19.1 Å². The number of pyridine rings is 1. The van der Waals surface area contributed by atoms with Gasteiger partial charge < -0.3 is 31.0 Å². The number of carboxylic acids is 1. The van der Waals surface area contributed by atoms with Crippen molar-refractivity contribution < 1.29 is 41.4 Å². The van der Waals surface area contributed by atoms with Crippen LogP contribution in [0.5, 0.6) is 5.75 Å². The van der Waals surface area contributed by atoms with Crippen molar-refractivity contribution in [3.63, 3.8) is 0 Å². The van der Waals surface area contributed by atoms with Gasteiger partial charge in [-0.05, 0) is 31.5 Å². The number of rotatable bonds is 7. The number of ether oxygens (including phenoxy) is 1. The predicted molar refractivity (Wildman–Crippen MR) is 126 cm³/mol. The second-order valence-corrected chi connectivity index (χ2v) is 10.8. The van der Waals surface area contributed by atoms with Crippen LogP contribution in [0.4, 0.5) is 10.1 Å². The zero-order chi connectivity index (χ0) is 24.1. The third-order valence-electron chi connectivity index (χ3n) is 5.60. The van der Waals surface area contributed by atoms with Crippen LogP contribution in [0, 0.1) is 12.0 Å². The molecule has 3 N–H and O–H groups in total. The molecule has 0 bridgehead atoms. The fourth-order valence-corrected chi connectivity index (χ4v) is 5.01. The van der Waals surface area contributed by atoms with Crippen molar-refractivity contribution in [3.05, 3.63) is 45.8 Å². The molecular formula is C22H28AuFN5O4P. The van der Waals surface area contributed by atoms with Gasteiger partial charge in [-0.1, -0.05) is 20.8 Å². The number of benzene rings is 1. The van der Waals surface area contributed by atoms with Gasteiger partial charge in [0, 0.05) is 12.7 Å². The van der Waals surface area contributed by atoms with E-state index in [1.54, 1.807) is 4.57 Å². The molecule has 0 spiro atoms. The van der Waals surface area contributed by atoms with E-state index in [-0.39, 0.29) is 58.4 Å². The molecule has 1 aliphatic heterocycles. The van der Waals surface area contributed by atoms with Crippen LogP contribution in [0.1, 0.15) is 49.8 Å². The third-order valence-corrected chi connectivity index (χ3v) is 8.28. The number of nitrogens with zero attached hydrogens (tertiary/aromatic N) is 3. The number of aromatic carboxylic acids is 1. The number of aromatic nitrogens is 4. The fourth-order valence-electron chi connectivity index (χ4n) is 3.67. The molecule has 2 aromatic heterocycles. The Morgan fingerprint density at radius 2 is 2.06 bits per heavy atom. The molecular weight excluding hydrogens is 645 g/mol. The molecule has 34 heavy (non-hydrogen) atoms. The van der Waals surface area contributed by atoms with Gasteiger partial charge in [0.25, 0.3) is 0 Å². The summed E-state index contributed by atoms with van der Waals surface area (Å²) in [5.74, 6) is -1.91. The van der Waals surface area contributed by atoms with E-state index >= 15 is 0 Å². The van der Waals surface area contributed by atoms with Crippen LogP contribution in [-0.2, 0) is 28.9 Å². The molecule has 12 heteroatoms. The van der Waals surface area contributed by atoms with Gasteiger partial charge >= 0.3 is 28.3 Å². The molecule has 0 fully saturated rings. The number of carboxylic acid groups (broad SMARTS) is 1. The van der Waals surface area contributed by atoms with Crippen LogP contribution < -0.4 is 15.5 Å². The zero-order valence-electron chi connectivity index (χ0n) is 19.4. The van der Waals surface area contributed by atoms with Gasteiger partial charge in [-0.15, -0.1) is 18.8 Å². The molecule has 1 unspecified atom stereocenters. The topological polar surface area (TPSA) is 122 Å². The SMILES string of the molecule is CC1COc2c(NCc3[c-]nn[nH]3)c(F)cc3c(=O)c(C(=O)O)cn1c23.CCP(CC)CC.[Au+]. The number of hydrogen-bond donors (Lipinski definition) is 3. The molecule has 4 rings (SSSR count). The fraction of sp³-hybridized carbons (Fsp3) is 0.455. The summed E-state index contributed by atoms with van der Waals surface area (Å²) in [5, 5.41) is 21.8. The van der Waals surface area contributed by atoms with Crippen molar-refractivity contribution in [2.24, 2.45) is 0 Å². The summed E-state index contributed by atoms with van der Waals surface area (Å²) in [7, 11) is 0.446. The van der Waals surface area contributed by atoms with Crippen molar-refractivity contribution in [1.82, 2.24) is 20.0 Å². The molecule has 0 saturated carbocycles. The molecule has 188 valence electrons. The van der Waals surface area contributed by atoms with Crippen LogP contribution in [0.15, 0.2) is 17.1 Å². The van der Waals surface area contributed by atoms with Gasteiger partial charge in [0.15, 0.2) is 11.6 Å². The minimum Gasteiger partial charge on any atom is -0.487 e. The number of hydrogen-bond acceptors (Lipinski definition) is 6. The van der Waals surface area contributed by atoms with Gasteiger partial charge in [0.05, 0.1) is 16.9 Å². The number of H-pyrrole nitrogens is 1. The van der Waals surface area contributed by atoms with Crippen LogP contribution in [-0.4, -0.2) is 56.1 Å². The Morgan fingerprint density at radius 1 is 1.38 bits per heavy atom. The number of anilines is 1. The summed E-state index contributed by atoms with van der Waals surface area (Å²) in [6.45, 7) is 9.06. The van der Waals surface area contributed by atoms with Crippen LogP contribution in [0.3, 0.4) is 0 Å². The Morgan fingerprint density at radius 3 is 2.59 bits per heavy atom. The first-order chi connectivity index (χ1) is 15.8. The molecule has 1 atom stereocenters. The first kappa shape index (κ1) is 28.0. The van der Waals surface area contributed by atoms with Crippen molar-refractivity contribution in [2.75, 3.05) is 30.4 Å². The molecule has 3 aromatic rings. The third kappa shape index (κ3) is 5.86. The summed E-state index contributed by atoms with van der Waals surface area (Å²) in [4.78, 5) is 23.8. The Balaban J connectivity index is 0.000000449. The van der Waals surface area contributed by atoms with Gasteiger partial charge in [-0.3, -0.25) is 9.89 Å². The van der Waals surface area contributed by atoms with E-state index < -0.39 is 22.8 Å². The molecule has 1 aliphatic rings. The second-order valence-electron chi connectivity index (χ2n) is 7.58. The number of aromatic amines is 1. The maximum absolute atomic E-state index is 14.7. The van der Waals surface area contributed by atoms with E-state index in [2.05, 4.69) is 47.7 Å². The monoisotopic (exact) mass is 673 g/mol. The molecule has 3 heterocycles.